The molecule has 7 heteroatoms. The van der Waals surface area contributed by atoms with Crippen molar-refractivity contribution in [3.05, 3.63) is 111 Å². The Morgan fingerprint density at radius 3 is 1.31 bits per heavy atom. The third kappa shape index (κ3) is 10.2. The molecular weight excluding hydrogens is 420 g/mol. The molecule has 0 fully saturated rings. The number of hydrogen-bond acceptors (Lipinski definition) is 2. The maximum atomic E-state index is 12.9. The van der Waals surface area contributed by atoms with Crippen LogP contribution in [0.25, 0.3) is 0 Å². The Hall–Kier alpha value is -2.31. The van der Waals surface area contributed by atoms with Crippen LogP contribution in [0.15, 0.2) is 49.6 Å². The first kappa shape index (κ1) is 31.4. The summed E-state index contributed by atoms with van der Waals surface area (Å²) in [6, 6.07) is 7.79. The van der Waals surface area contributed by atoms with Gasteiger partial charge in [0.2, 0.25) is 0 Å². The monoisotopic (exact) mass is 440 g/mol. The summed E-state index contributed by atoms with van der Waals surface area (Å²) in [5.41, 5.74) is -0.303. The number of halogens is 4. The van der Waals surface area contributed by atoms with E-state index >= 15 is 0 Å². The molecule has 0 radical (unpaired) electrons. The maximum Gasteiger partial charge on any atom is 4.00 e. The summed E-state index contributed by atoms with van der Waals surface area (Å²) in [6.07, 6.45) is 2.81. The van der Waals surface area contributed by atoms with Crippen LogP contribution in [0.3, 0.4) is 0 Å². The average Bonchev–Trinajstić information content (AvgIpc) is 2.55. The molecule has 0 aliphatic carbocycles. The van der Waals surface area contributed by atoms with Gasteiger partial charge in [0.25, 0.3) is 0 Å². The van der Waals surface area contributed by atoms with E-state index in [-0.39, 0.29) is 60.5 Å². The van der Waals surface area contributed by atoms with Gasteiger partial charge in [-0.3, -0.25) is 0 Å². The SMILES string of the molecule is C=CCC(=O)c1ccc(F)[c-]c1F.C=CCC(=O)c1ccc(F)[c-]c1F.[CH3-].[CH3-].[Ti+4]. The zero-order valence-corrected chi connectivity index (χ0v) is 17.7. The van der Waals surface area contributed by atoms with Crippen molar-refractivity contribution in [2.75, 3.05) is 0 Å². The molecule has 0 heterocycles. The van der Waals surface area contributed by atoms with Crippen LogP contribution >= 0.6 is 0 Å². The first-order valence-electron chi connectivity index (χ1n) is 7.33. The van der Waals surface area contributed by atoms with Crippen LogP contribution in [0.4, 0.5) is 17.6 Å². The van der Waals surface area contributed by atoms with Crippen molar-refractivity contribution in [3.63, 3.8) is 0 Å². The number of benzene rings is 2. The van der Waals surface area contributed by atoms with Crippen LogP contribution in [-0.2, 0) is 21.7 Å². The van der Waals surface area contributed by atoms with E-state index in [2.05, 4.69) is 13.2 Å². The Morgan fingerprint density at radius 1 is 0.759 bits per heavy atom. The van der Waals surface area contributed by atoms with E-state index < -0.39 is 34.8 Å². The van der Waals surface area contributed by atoms with E-state index in [4.69, 9.17) is 0 Å². The van der Waals surface area contributed by atoms with Gasteiger partial charge < -0.3 is 24.4 Å². The van der Waals surface area contributed by atoms with E-state index in [0.717, 1.165) is 24.3 Å². The molecule has 0 saturated carbocycles. The second kappa shape index (κ2) is 15.6. The second-order valence-electron chi connectivity index (χ2n) is 4.90. The van der Waals surface area contributed by atoms with Gasteiger partial charge in [-0.1, -0.05) is 23.3 Å². The third-order valence-corrected chi connectivity index (χ3v) is 2.98. The molecule has 0 aliphatic rings. The largest absolute Gasteiger partial charge is 4.00 e. The van der Waals surface area contributed by atoms with Crippen molar-refractivity contribution in [3.8, 4) is 0 Å². The fourth-order valence-corrected chi connectivity index (χ4v) is 1.80. The van der Waals surface area contributed by atoms with Crippen LogP contribution in [0.2, 0.25) is 0 Å². The van der Waals surface area contributed by atoms with Crippen molar-refractivity contribution in [1.29, 1.82) is 0 Å². The Bertz CT molecular complexity index is 766. The number of allylic oxidation sites excluding steroid dienone is 2. The van der Waals surface area contributed by atoms with Crippen molar-refractivity contribution in [2.45, 2.75) is 12.8 Å². The Kier molecular flexibility index (Phi) is 16.9. The zero-order valence-electron chi connectivity index (χ0n) is 16.1. The second-order valence-corrected chi connectivity index (χ2v) is 4.90. The van der Waals surface area contributed by atoms with Gasteiger partial charge >= 0.3 is 21.7 Å². The van der Waals surface area contributed by atoms with E-state index in [0.29, 0.717) is 0 Å². The summed E-state index contributed by atoms with van der Waals surface area (Å²) in [5, 5.41) is 0. The van der Waals surface area contributed by atoms with Crippen molar-refractivity contribution in [2.24, 2.45) is 0 Å². The van der Waals surface area contributed by atoms with Gasteiger partial charge in [-0.05, 0) is 0 Å². The summed E-state index contributed by atoms with van der Waals surface area (Å²) >= 11 is 0. The number of Topliss-reactive ketones (excluding diaryl/α,β-unsaturated/α-hetero) is 2. The molecule has 2 rings (SSSR count). The fourth-order valence-electron chi connectivity index (χ4n) is 1.80. The predicted octanol–water partition coefficient (Wildman–Crippen LogP) is 5.95. The van der Waals surface area contributed by atoms with Crippen molar-refractivity contribution >= 4 is 11.6 Å². The standard InChI is InChI=1S/2C10H7F2O.2CH3.Ti/c2*1-2-3-10(13)8-5-4-7(11)6-9(8)12;;;/h2*2,4-5H,1,3H2;2*1H3;/q4*-1;+4. The van der Waals surface area contributed by atoms with Gasteiger partial charge in [-0.2, -0.15) is 12.1 Å². The molecule has 0 atom stereocenters. The molecule has 29 heavy (non-hydrogen) atoms. The summed E-state index contributed by atoms with van der Waals surface area (Å²) < 4.78 is 50.5. The Balaban J connectivity index is -0.000000422. The fraction of sp³-hybridized carbons (Fsp3) is 0.0909. The molecule has 0 N–H and O–H groups in total. The van der Waals surface area contributed by atoms with E-state index in [1.165, 1.54) is 12.2 Å². The van der Waals surface area contributed by atoms with Gasteiger partial charge in [0.05, 0.1) is 0 Å². The molecule has 2 aromatic rings. The summed E-state index contributed by atoms with van der Waals surface area (Å²) in [4.78, 5) is 22.2. The van der Waals surface area contributed by atoms with E-state index in [1.807, 2.05) is 0 Å². The first-order chi connectivity index (χ1) is 12.3. The predicted molar refractivity (Wildman–Crippen MR) is 102 cm³/mol. The molecule has 2 aromatic carbocycles. The Labute approximate surface area is 184 Å². The number of ketones is 2. The minimum atomic E-state index is -0.952. The summed E-state index contributed by atoms with van der Waals surface area (Å²) in [7, 11) is 0. The smallest absolute Gasteiger partial charge is 0.358 e. The van der Waals surface area contributed by atoms with Crippen LogP contribution in [0.5, 0.6) is 0 Å². The van der Waals surface area contributed by atoms with E-state index in [1.54, 1.807) is 12.1 Å². The molecule has 152 valence electrons. The number of rotatable bonds is 6. The van der Waals surface area contributed by atoms with Gasteiger partial charge in [-0.25, -0.2) is 17.6 Å². The average molecular weight is 440 g/mol. The third-order valence-electron chi connectivity index (χ3n) is 2.98. The molecule has 2 nitrogen and oxygen atoms in total. The molecule has 0 aromatic heterocycles. The number of hydrogen-bond donors (Lipinski definition) is 0. The maximum absolute atomic E-state index is 12.9. The molecule has 0 aliphatic heterocycles. The molecule has 0 unspecified atom stereocenters. The summed E-state index contributed by atoms with van der Waals surface area (Å²) in [6.45, 7) is 6.69. The van der Waals surface area contributed by atoms with Crippen LogP contribution in [-0.4, -0.2) is 11.6 Å². The van der Waals surface area contributed by atoms with Crippen LogP contribution in [0.1, 0.15) is 33.6 Å². The number of carbonyl (C=O) groups excluding carboxylic acids is 2. The normalized spacial score (nSPS) is 8.69. The minimum Gasteiger partial charge on any atom is -0.358 e. The van der Waals surface area contributed by atoms with Crippen LogP contribution < -0.4 is 0 Å². The van der Waals surface area contributed by atoms with Crippen molar-refractivity contribution in [1.82, 2.24) is 0 Å². The van der Waals surface area contributed by atoms with E-state index in [9.17, 15) is 27.2 Å². The van der Waals surface area contributed by atoms with Gasteiger partial charge in [0.15, 0.2) is 0 Å². The van der Waals surface area contributed by atoms with Gasteiger partial charge in [0.1, 0.15) is 11.6 Å². The first-order valence-corrected chi connectivity index (χ1v) is 7.33. The number of carbonyl (C=O) groups is 2. The zero-order chi connectivity index (χ0) is 19.7. The minimum absolute atomic E-state index is 0. The topological polar surface area (TPSA) is 34.1 Å². The molecule has 0 saturated heterocycles. The quantitative estimate of drug-likeness (QED) is 0.183. The molecular formula is C22H20F4O2Ti. The van der Waals surface area contributed by atoms with Gasteiger partial charge in [-0.15, -0.1) is 37.4 Å². The Morgan fingerprint density at radius 2 is 1.07 bits per heavy atom. The molecule has 0 bridgehead atoms. The van der Waals surface area contributed by atoms with Crippen LogP contribution in [0, 0.1) is 50.3 Å². The van der Waals surface area contributed by atoms with Crippen molar-refractivity contribution < 1.29 is 48.9 Å². The van der Waals surface area contributed by atoms with Gasteiger partial charge in [0, 0.05) is 36.1 Å². The summed E-state index contributed by atoms with van der Waals surface area (Å²) in [5.74, 6) is -4.38. The molecule has 0 spiro atoms. The molecule has 0 amide bonds.